The lowest BCUT2D eigenvalue weighted by Crippen LogP contribution is -2.52. The van der Waals surface area contributed by atoms with E-state index in [1.54, 1.807) is 4.90 Å². The molecule has 2 rings (SSSR count). The number of carbonyl (C=O) groups is 1. The first-order chi connectivity index (χ1) is 12.1. The molecule has 0 aromatic heterocycles. The standard InChI is InChI=1S/C22H33NO3/c1-15(2)14-25-20(16(3)4)19-13-12-17-10-8-9-11-18(17)23(19)21(24)26-22(5,6)7/h8-13,15-16,19-20H,14H2,1-7H3. The van der Waals surface area contributed by atoms with Crippen LogP contribution in [0.2, 0.25) is 0 Å². The number of ether oxygens (including phenoxy) is 2. The molecule has 2 unspecified atom stereocenters. The molecule has 4 nitrogen and oxygen atoms in total. The number of amides is 1. The minimum absolute atomic E-state index is 0.102. The molecular weight excluding hydrogens is 326 g/mol. The minimum Gasteiger partial charge on any atom is -0.443 e. The largest absolute Gasteiger partial charge is 0.443 e. The van der Waals surface area contributed by atoms with Crippen molar-refractivity contribution in [2.45, 2.75) is 66.2 Å². The van der Waals surface area contributed by atoms with Crippen LogP contribution in [0.5, 0.6) is 0 Å². The Kier molecular flexibility index (Phi) is 6.51. The van der Waals surface area contributed by atoms with Gasteiger partial charge in [0.2, 0.25) is 0 Å². The Morgan fingerprint density at radius 3 is 2.38 bits per heavy atom. The molecule has 0 saturated heterocycles. The lowest BCUT2D eigenvalue weighted by atomic mass is 9.93. The molecule has 0 saturated carbocycles. The topological polar surface area (TPSA) is 38.8 Å². The monoisotopic (exact) mass is 359 g/mol. The number of fused-ring (bicyclic) bond motifs is 1. The predicted octanol–water partition coefficient (Wildman–Crippen LogP) is 5.52. The Balaban J connectivity index is 2.40. The summed E-state index contributed by atoms with van der Waals surface area (Å²) in [6.45, 7) is 14.9. The van der Waals surface area contributed by atoms with Crippen LogP contribution in [0.3, 0.4) is 0 Å². The maximum absolute atomic E-state index is 13.1. The van der Waals surface area contributed by atoms with E-state index in [-0.39, 0.29) is 24.2 Å². The number of rotatable bonds is 5. The highest BCUT2D eigenvalue weighted by Gasteiger charge is 2.37. The summed E-state index contributed by atoms with van der Waals surface area (Å²) in [5.41, 5.74) is 1.33. The fraction of sp³-hybridized carbons (Fsp3) is 0.591. The van der Waals surface area contributed by atoms with E-state index in [9.17, 15) is 4.79 Å². The van der Waals surface area contributed by atoms with Gasteiger partial charge in [-0.3, -0.25) is 4.90 Å². The number of carbonyl (C=O) groups excluding carboxylic acids is 1. The first-order valence-corrected chi connectivity index (χ1v) is 9.51. The van der Waals surface area contributed by atoms with Crippen molar-refractivity contribution in [3.63, 3.8) is 0 Å². The van der Waals surface area contributed by atoms with Gasteiger partial charge in [-0.05, 0) is 44.2 Å². The Hall–Kier alpha value is -1.81. The summed E-state index contributed by atoms with van der Waals surface area (Å²) < 4.78 is 11.9. The molecule has 1 amide bonds. The Labute approximate surface area is 158 Å². The minimum atomic E-state index is -0.552. The first-order valence-electron chi connectivity index (χ1n) is 9.51. The summed E-state index contributed by atoms with van der Waals surface area (Å²) in [5.74, 6) is 0.699. The molecule has 0 fully saturated rings. The number of hydrogen-bond donors (Lipinski definition) is 0. The molecule has 0 radical (unpaired) electrons. The molecule has 2 atom stereocenters. The van der Waals surface area contributed by atoms with Gasteiger partial charge < -0.3 is 9.47 Å². The molecule has 26 heavy (non-hydrogen) atoms. The van der Waals surface area contributed by atoms with Gasteiger partial charge in [0.1, 0.15) is 5.60 Å². The summed E-state index contributed by atoms with van der Waals surface area (Å²) >= 11 is 0. The number of para-hydroxylation sites is 1. The normalized spacial score (nSPS) is 18.2. The highest BCUT2D eigenvalue weighted by Crippen LogP contribution is 2.34. The van der Waals surface area contributed by atoms with Gasteiger partial charge in [0.25, 0.3) is 0 Å². The van der Waals surface area contributed by atoms with Crippen molar-refractivity contribution >= 4 is 17.9 Å². The fourth-order valence-corrected chi connectivity index (χ4v) is 3.07. The third-order valence-corrected chi connectivity index (χ3v) is 4.17. The van der Waals surface area contributed by atoms with E-state index >= 15 is 0 Å². The zero-order valence-corrected chi connectivity index (χ0v) is 17.2. The van der Waals surface area contributed by atoms with Gasteiger partial charge in [0.05, 0.1) is 17.8 Å². The van der Waals surface area contributed by atoms with E-state index in [0.717, 1.165) is 11.3 Å². The van der Waals surface area contributed by atoms with E-state index < -0.39 is 5.60 Å². The van der Waals surface area contributed by atoms with Gasteiger partial charge in [0.15, 0.2) is 0 Å². The van der Waals surface area contributed by atoms with E-state index in [4.69, 9.17) is 9.47 Å². The summed E-state index contributed by atoms with van der Waals surface area (Å²) in [6.07, 6.45) is 3.71. The second-order valence-corrected chi connectivity index (χ2v) is 8.69. The number of nitrogens with zero attached hydrogens (tertiary/aromatic N) is 1. The first kappa shape index (κ1) is 20.5. The third kappa shape index (κ3) is 5.10. The molecular formula is C22H33NO3. The maximum Gasteiger partial charge on any atom is 0.415 e. The van der Waals surface area contributed by atoms with Crippen LogP contribution in [0.15, 0.2) is 30.3 Å². The van der Waals surface area contributed by atoms with Crippen LogP contribution in [0, 0.1) is 11.8 Å². The molecule has 144 valence electrons. The summed E-state index contributed by atoms with van der Waals surface area (Å²) in [7, 11) is 0. The summed E-state index contributed by atoms with van der Waals surface area (Å²) in [6, 6.07) is 7.71. The van der Waals surface area contributed by atoms with Gasteiger partial charge in [-0.2, -0.15) is 0 Å². The molecule has 1 aromatic carbocycles. The fourth-order valence-electron chi connectivity index (χ4n) is 3.07. The Morgan fingerprint density at radius 1 is 1.15 bits per heavy atom. The van der Waals surface area contributed by atoms with E-state index in [2.05, 4.69) is 39.8 Å². The van der Waals surface area contributed by atoms with Crippen molar-refractivity contribution in [3.8, 4) is 0 Å². The molecule has 1 aliphatic heterocycles. The number of hydrogen-bond acceptors (Lipinski definition) is 3. The highest BCUT2D eigenvalue weighted by molar-refractivity contribution is 5.94. The lowest BCUT2D eigenvalue weighted by Gasteiger charge is -2.40. The van der Waals surface area contributed by atoms with E-state index in [1.807, 2.05) is 45.0 Å². The zero-order valence-electron chi connectivity index (χ0n) is 17.2. The number of benzene rings is 1. The molecule has 1 aliphatic rings. The van der Waals surface area contributed by atoms with Crippen molar-refractivity contribution < 1.29 is 14.3 Å². The molecule has 0 bridgehead atoms. The molecule has 0 spiro atoms. The summed E-state index contributed by atoms with van der Waals surface area (Å²) in [4.78, 5) is 14.8. The van der Waals surface area contributed by atoms with E-state index in [0.29, 0.717) is 12.5 Å². The van der Waals surface area contributed by atoms with Crippen molar-refractivity contribution in [1.29, 1.82) is 0 Å². The van der Waals surface area contributed by atoms with Crippen LogP contribution >= 0.6 is 0 Å². The van der Waals surface area contributed by atoms with Crippen LogP contribution in [-0.4, -0.2) is 30.4 Å². The molecule has 0 N–H and O–H groups in total. The van der Waals surface area contributed by atoms with Gasteiger partial charge in [-0.1, -0.05) is 58.0 Å². The molecule has 1 aromatic rings. The second-order valence-electron chi connectivity index (χ2n) is 8.69. The SMILES string of the molecule is CC(C)COC(C(C)C)C1C=Cc2ccccc2N1C(=O)OC(C)(C)C. The van der Waals surface area contributed by atoms with Crippen LogP contribution in [0.25, 0.3) is 6.08 Å². The van der Waals surface area contributed by atoms with Crippen molar-refractivity contribution in [2.75, 3.05) is 11.5 Å². The van der Waals surface area contributed by atoms with Crippen LogP contribution < -0.4 is 4.90 Å². The molecule has 1 heterocycles. The van der Waals surface area contributed by atoms with Gasteiger partial charge in [0, 0.05) is 6.61 Å². The summed E-state index contributed by atoms with van der Waals surface area (Å²) in [5, 5.41) is 0. The molecule has 4 heteroatoms. The van der Waals surface area contributed by atoms with Crippen LogP contribution in [-0.2, 0) is 9.47 Å². The third-order valence-electron chi connectivity index (χ3n) is 4.17. The smallest absolute Gasteiger partial charge is 0.415 e. The van der Waals surface area contributed by atoms with Crippen molar-refractivity contribution in [3.05, 3.63) is 35.9 Å². The Morgan fingerprint density at radius 2 is 1.81 bits per heavy atom. The zero-order chi connectivity index (χ0) is 19.5. The van der Waals surface area contributed by atoms with Crippen molar-refractivity contribution in [2.24, 2.45) is 11.8 Å². The van der Waals surface area contributed by atoms with Crippen LogP contribution in [0.4, 0.5) is 10.5 Å². The predicted molar refractivity (Wildman–Crippen MR) is 107 cm³/mol. The van der Waals surface area contributed by atoms with E-state index in [1.165, 1.54) is 0 Å². The van der Waals surface area contributed by atoms with Gasteiger partial charge in [-0.15, -0.1) is 0 Å². The molecule has 0 aliphatic carbocycles. The van der Waals surface area contributed by atoms with Gasteiger partial charge >= 0.3 is 6.09 Å². The maximum atomic E-state index is 13.1. The average Bonchev–Trinajstić information content (AvgIpc) is 2.52. The number of anilines is 1. The van der Waals surface area contributed by atoms with Crippen molar-refractivity contribution in [1.82, 2.24) is 0 Å². The second kappa shape index (κ2) is 8.26. The quantitative estimate of drug-likeness (QED) is 0.695. The van der Waals surface area contributed by atoms with Crippen LogP contribution in [0.1, 0.15) is 54.0 Å². The Bertz CT molecular complexity index is 643. The lowest BCUT2D eigenvalue weighted by molar-refractivity contribution is -0.00412. The van der Waals surface area contributed by atoms with Gasteiger partial charge in [-0.25, -0.2) is 4.79 Å². The highest BCUT2D eigenvalue weighted by atomic mass is 16.6. The average molecular weight is 360 g/mol.